The van der Waals surface area contributed by atoms with Gasteiger partial charge in [-0.2, -0.15) is 0 Å². The van der Waals surface area contributed by atoms with Crippen molar-refractivity contribution in [3.63, 3.8) is 0 Å². The molecule has 1 heterocycles. The zero-order valence-electron chi connectivity index (χ0n) is 15.1. The van der Waals surface area contributed by atoms with E-state index in [4.69, 9.17) is 4.74 Å². The van der Waals surface area contributed by atoms with Gasteiger partial charge < -0.3 is 19.5 Å². The Labute approximate surface area is 151 Å². The van der Waals surface area contributed by atoms with Gasteiger partial charge in [0.25, 0.3) is 0 Å². The van der Waals surface area contributed by atoms with E-state index in [1.54, 1.807) is 12.1 Å². The van der Waals surface area contributed by atoms with E-state index in [1.807, 2.05) is 32.0 Å². The van der Waals surface area contributed by atoms with Gasteiger partial charge in [-0.15, -0.1) is 13.2 Å². The lowest BCUT2D eigenvalue weighted by atomic mass is 9.66. The number of alkyl halides is 3. The van der Waals surface area contributed by atoms with Gasteiger partial charge in [0.15, 0.2) is 11.5 Å². The average Bonchev–Trinajstić information content (AvgIpc) is 2.90. The molecule has 144 valence electrons. The first-order valence-corrected chi connectivity index (χ1v) is 8.76. The summed E-state index contributed by atoms with van der Waals surface area (Å²) < 4.78 is 48.7. The fraction of sp³-hybridized carbons (Fsp3) is 0.579. The van der Waals surface area contributed by atoms with E-state index in [-0.39, 0.29) is 11.5 Å². The van der Waals surface area contributed by atoms with Crippen molar-refractivity contribution in [3.8, 4) is 11.5 Å². The number of halogens is 3. The third-order valence-electron chi connectivity index (χ3n) is 5.23. The molecule has 4 nitrogen and oxygen atoms in total. The Morgan fingerprint density at radius 1 is 1.35 bits per heavy atom. The number of benzene rings is 1. The molecule has 0 amide bonds. The number of fused-ring (bicyclic) bond motifs is 3. The van der Waals surface area contributed by atoms with Gasteiger partial charge in [0.05, 0.1) is 0 Å². The van der Waals surface area contributed by atoms with E-state index in [9.17, 15) is 18.3 Å². The lowest BCUT2D eigenvalue weighted by Gasteiger charge is -2.39. The highest BCUT2D eigenvalue weighted by Crippen LogP contribution is 2.56. The number of allylic oxidation sites excluding steroid dienone is 1. The van der Waals surface area contributed by atoms with Gasteiger partial charge in [0.1, 0.15) is 12.2 Å². The zero-order valence-corrected chi connectivity index (χ0v) is 15.1. The van der Waals surface area contributed by atoms with Crippen LogP contribution in [0.4, 0.5) is 13.2 Å². The summed E-state index contributed by atoms with van der Waals surface area (Å²) in [6.07, 6.45) is -0.806. The second-order valence-corrected chi connectivity index (χ2v) is 7.20. The van der Waals surface area contributed by atoms with Gasteiger partial charge in [0.2, 0.25) is 0 Å². The summed E-state index contributed by atoms with van der Waals surface area (Å²) in [5, 5.41) is 10.5. The molecule has 1 N–H and O–H groups in total. The van der Waals surface area contributed by atoms with E-state index in [0.29, 0.717) is 19.3 Å². The number of aryl methyl sites for hydroxylation is 1. The first kappa shape index (κ1) is 19.0. The molecule has 3 atom stereocenters. The Kier molecular flexibility index (Phi) is 4.96. The van der Waals surface area contributed by atoms with Crippen molar-refractivity contribution >= 4 is 0 Å². The van der Waals surface area contributed by atoms with Gasteiger partial charge in [0, 0.05) is 11.0 Å². The Hall–Kier alpha value is -1.73. The minimum absolute atomic E-state index is 0.119. The number of hydrogen-bond acceptors (Lipinski definition) is 4. The van der Waals surface area contributed by atoms with E-state index < -0.39 is 24.0 Å². The molecule has 7 heteroatoms. The van der Waals surface area contributed by atoms with Gasteiger partial charge in [-0.3, -0.25) is 0 Å². The predicted molar refractivity (Wildman–Crippen MR) is 91.5 cm³/mol. The van der Waals surface area contributed by atoms with Crippen LogP contribution in [0.1, 0.15) is 30.9 Å². The van der Waals surface area contributed by atoms with Crippen molar-refractivity contribution in [1.82, 2.24) is 4.90 Å². The second kappa shape index (κ2) is 6.78. The summed E-state index contributed by atoms with van der Waals surface area (Å²) in [4.78, 5) is 2.02. The van der Waals surface area contributed by atoms with E-state index in [2.05, 4.69) is 4.74 Å². The molecular formula is C19H24F3NO3. The molecule has 3 rings (SSSR count). The quantitative estimate of drug-likeness (QED) is 0.806. The maximum Gasteiger partial charge on any atom is 0.573 e. The lowest BCUT2D eigenvalue weighted by molar-refractivity contribution is -0.275. The van der Waals surface area contributed by atoms with Crippen LogP contribution < -0.4 is 9.47 Å². The topological polar surface area (TPSA) is 41.9 Å². The van der Waals surface area contributed by atoms with Crippen LogP contribution >= 0.6 is 0 Å². The van der Waals surface area contributed by atoms with E-state index >= 15 is 0 Å². The molecule has 0 saturated heterocycles. The Morgan fingerprint density at radius 2 is 2.08 bits per heavy atom. The standard InChI is InChI=1S/C19H24F3NO3/c1-4-12-7-8-14(26-19(20,21)22)16-15(12)18(10-11-23(2)3)9-5-6-13(24)17(18)25-16/h5-8,13,17,24H,4,9-11H2,1-3H3/t13-,17-,18+/m0/s1. The van der Waals surface area contributed by atoms with Crippen LogP contribution in [0.3, 0.4) is 0 Å². The Morgan fingerprint density at radius 3 is 2.69 bits per heavy atom. The molecule has 0 bridgehead atoms. The van der Waals surface area contributed by atoms with Crippen LogP contribution in [0, 0.1) is 0 Å². The summed E-state index contributed by atoms with van der Waals surface area (Å²) in [5.41, 5.74) is 1.11. The van der Waals surface area contributed by atoms with E-state index in [1.165, 1.54) is 6.07 Å². The summed E-state index contributed by atoms with van der Waals surface area (Å²) in [6.45, 7) is 2.69. The third-order valence-corrected chi connectivity index (χ3v) is 5.23. The molecule has 0 aromatic heterocycles. The van der Waals surface area contributed by atoms with Gasteiger partial charge in [-0.1, -0.05) is 25.1 Å². The van der Waals surface area contributed by atoms with Crippen molar-refractivity contribution in [2.75, 3.05) is 20.6 Å². The summed E-state index contributed by atoms with van der Waals surface area (Å²) in [5.74, 6) is -0.219. The second-order valence-electron chi connectivity index (χ2n) is 7.20. The van der Waals surface area contributed by atoms with Crippen LogP contribution in [0.5, 0.6) is 11.5 Å². The molecule has 0 radical (unpaired) electrons. The molecule has 1 aliphatic carbocycles. The lowest BCUT2D eigenvalue weighted by Crippen LogP contribution is -2.48. The fourth-order valence-corrected chi connectivity index (χ4v) is 4.07. The average molecular weight is 371 g/mol. The third kappa shape index (κ3) is 3.30. The summed E-state index contributed by atoms with van der Waals surface area (Å²) >= 11 is 0. The fourth-order valence-electron chi connectivity index (χ4n) is 4.07. The minimum atomic E-state index is -4.80. The molecule has 1 aromatic carbocycles. The molecule has 0 spiro atoms. The number of aliphatic hydroxyl groups is 1. The number of aliphatic hydroxyl groups excluding tert-OH is 1. The van der Waals surface area contributed by atoms with Crippen molar-refractivity contribution in [3.05, 3.63) is 35.4 Å². The molecule has 0 unspecified atom stereocenters. The predicted octanol–water partition coefficient (Wildman–Crippen LogP) is 3.42. The molecule has 1 aromatic rings. The Balaban J connectivity index is 2.14. The zero-order chi connectivity index (χ0) is 19.1. The van der Waals surface area contributed by atoms with Crippen LogP contribution in [0.15, 0.2) is 24.3 Å². The molecule has 0 saturated carbocycles. The number of hydrogen-bond donors (Lipinski definition) is 1. The van der Waals surface area contributed by atoms with Crippen LogP contribution in [-0.2, 0) is 11.8 Å². The van der Waals surface area contributed by atoms with Crippen molar-refractivity contribution in [2.45, 2.75) is 50.2 Å². The van der Waals surface area contributed by atoms with Gasteiger partial charge in [-0.05, 0) is 51.5 Å². The SMILES string of the molecule is CCc1ccc(OC(F)(F)F)c2c1[C@]1(CCN(C)C)CC=C[C@H](O)[C@@H]1O2. The normalized spacial score (nSPS) is 27.2. The first-order valence-electron chi connectivity index (χ1n) is 8.76. The molecule has 2 aliphatic rings. The van der Waals surface area contributed by atoms with Crippen LogP contribution in [-0.4, -0.2) is 49.2 Å². The summed E-state index contributed by atoms with van der Waals surface area (Å²) in [6, 6.07) is 2.98. The smallest absolute Gasteiger partial charge is 0.482 e. The van der Waals surface area contributed by atoms with Crippen LogP contribution in [0.25, 0.3) is 0 Å². The molecule has 26 heavy (non-hydrogen) atoms. The maximum atomic E-state index is 12.8. The van der Waals surface area contributed by atoms with Gasteiger partial charge in [-0.25, -0.2) is 0 Å². The van der Waals surface area contributed by atoms with Crippen molar-refractivity contribution < 1.29 is 27.8 Å². The number of ether oxygens (including phenoxy) is 2. The largest absolute Gasteiger partial charge is 0.573 e. The van der Waals surface area contributed by atoms with Crippen molar-refractivity contribution in [2.24, 2.45) is 0 Å². The monoisotopic (exact) mass is 371 g/mol. The molecule has 0 fully saturated rings. The Bertz CT molecular complexity index is 702. The highest BCUT2D eigenvalue weighted by molar-refractivity contribution is 5.59. The highest BCUT2D eigenvalue weighted by atomic mass is 19.4. The molecular weight excluding hydrogens is 347 g/mol. The number of rotatable bonds is 5. The van der Waals surface area contributed by atoms with Gasteiger partial charge >= 0.3 is 6.36 Å². The maximum absolute atomic E-state index is 12.8. The molecule has 1 aliphatic heterocycles. The number of nitrogens with zero attached hydrogens (tertiary/aromatic N) is 1. The first-order chi connectivity index (χ1) is 12.2. The minimum Gasteiger partial charge on any atom is -0.482 e. The van der Waals surface area contributed by atoms with E-state index in [0.717, 1.165) is 17.7 Å². The van der Waals surface area contributed by atoms with Crippen molar-refractivity contribution in [1.29, 1.82) is 0 Å². The highest BCUT2D eigenvalue weighted by Gasteiger charge is 2.54. The van der Waals surface area contributed by atoms with Crippen LogP contribution in [0.2, 0.25) is 0 Å². The summed E-state index contributed by atoms with van der Waals surface area (Å²) in [7, 11) is 3.89.